The molecule has 4 nitrogen and oxygen atoms in total. The molecule has 1 aromatic heterocycles. The Morgan fingerprint density at radius 2 is 2.11 bits per heavy atom. The third kappa shape index (κ3) is 2.46. The molecule has 0 unspecified atom stereocenters. The lowest BCUT2D eigenvalue weighted by Gasteiger charge is -2.07. The Bertz CT molecular complexity index is 635. The largest absolute Gasteiger partial charge is 0.438 e. The fourth-order valence-electron chi connectivity index (χ4n) is 1.70. The van der Waals surface area contributed by atoms with Crippen molar-refractivity contribution in [2.75, 3.05) is 0 Å². The fourth-order valence-corrected chi connectivity index (χ4v) is 2.06. The van der Waals surface area contributed by atoms with Crippen LogP contribution in [0.1, 0.15) is 24.6 Å². The van der Waals surface area contributed by atoms with E-state index < -0.39 is 0 Å². The number of nitrogens with one attached hydrogen (secondary N) is 1. The number of rotatable bonds is 3. The molecule has 0 spiro atoms. The minimum atomic E-state index is -0.172. The summed E-state index contributed by atoms with van der Waals surface area (Å²) in [5.74, 6) is 2.11. The van der Waals surface area contributed by atoms with Gasteiger partial charge in [0.1, 0.15) is 11.6 Å². The molecule has 5 heteroatoms. The summed E-state index contributed by atoms with van der Waals surface area (Å²) in [6.07, 6.45) is 2.17. The van der Waals surface area contributed by atoms with E-state index >= 15 is 0 Å². The molecule has 2 aromatic rings. The van der Waals surface area contributed by atoms with E-state index in [4.69, 9.17) is 4.74 Å². The summed E-state index contributed by atoms with van der Waals surface area (Å²) in [6.45, 7) is 0. The summed E-state index contributed by atoms with van der Waals surface area (Å²) in [4.78, 5) is 18.6. The molecule has 18 heavy (non-hydrogen) atoms. The Kier molecular flexibility index (Phi) is 2.91. The second-order valence-electron chi connectivity index (χ2n) is 4.28. The number of para-hydroxylation sites is 1. The van der Waals surface area contributed by atoms with Crippen LogP contribution in [0.3, 0.4) is 0 Å². The third-order valence-electron chi connectivity index (χ3n) is 2.75. The topological polar surface area (TPSA) is 55.0 Å². The van der Waals surface area contributed by atoms with Crippen LogP contribution in [0, 0.1) is 0 Å². The van der Waals surface area contributed by atoms with Crippen LogP contribution >= 0.6 is 15.9 Å². The molecule has 1 aliphatic rings. The van der Waals surface area contributed by atoms with Gasteiger partial charge in [-0.25, -0.2) is 0 Å². The number of H-pyrrole nitrogens is 1. The second kappa shape index (κ2) is 4.57. The maximum Gasteiger partial charge on any atom is 0.254 e. The van der Waals surface area contributed by atoms with Crippen molar-refractivity contribution in [1.82, 2.24) is 9.97 Å². The van der Waals surface area contributed by atoms with Crippen molar-refractivity contribution in [2.24, 2.45) is 0 Å². The van der Waals surface area contributed by atoms with Crippen molar-refractivity contribution in [3.63, 3.8) is 0 Å². The molecule has 1 aliphatic carbocycles. The van der Waals surface area contributed by atoms with Crippen LogP contribution < -0.4 is 10.3 Å². The zero-order valence-corrected chi connectivity index (χ0v) is 11.1. The van der Waals surface area contributed by atoms with E-state index in [2.05, 4.69) is 25.9 Å². The van der Waals surface area contributed by atoms with Gasteiger partial charge in [-0.2, -0.15) is 4.98 Å². The molecular weight excluding hydrogens is 296 g/mol. The van der Waals surface area contributed by atoms with Gasteiger partial charge in [-0.15, -0.1) is 0 Å². The molecular formula is C13H11BrN2O2. The Morgan fingerprint density at radius 3 is 2.83 bits per heavy atom. The van der Waals surface area contributed by atoms with E-state index in [0.717, 1.165) is 23.1 Å². The summed E-state index contributed by atoms with van der Waals surface area (Å²) in [5.41, 5.74) is -0.172. The predicted octanol–water partition coefficient (Wildman–Crippen LogP) is 3.20. The van der Waals surface area contributed by atoms with Gasteiger partial charge in [0.15, 0.2) is 0 Å². The maximum atomic E-state index is 11.5. The zero-order chi connectivity index (χ0) is 12.5. The molecule has 0 radical (unpaired) electrons. The van der Waals surface area contributed by atoms with E-state index in [1.54, 1.807) is 0 Å². The van der Waals surface area contributed by atoms with Gasteiger partial charge in [-0.1, -0.05) is 12.1 Å². The molecule has 0 bridgehead atoms. The quantitative estimate of drug-likeness (QED) is 0.947. The smallest absolute Gasteiger partial charge is 0.254 e. The van der Waals surface area contributed by atoms with Crippen molar-refractivity contribution in [2.45, 2.75) is 18.8 Å². The first-order valence-electron chi connectivity index (χ1n) is 5.76. The van der Waals surface area contributed by atoms with Gasteiger partial charge >= 0.3 is 0 Å². The Balaban J connectivity index is 1.93. The Hall–Kier alpha value is -1.62. The number of hydrogen-bond acceptors (Lipinski definition) is 3. The van der Waals surface area contributed by atoms with Crippen molar-refractivity contribution >= 4 is 15.9 Å². The van der Waals surface area contributed by atoms with Crippen LogP contribution in [0.25, 0.3) is 0 Å². The van der Waals surface area contributed by atoms with Gasteiger partial charge in [0.25, 0.3) is 5.56 Å². The van der Waals surface area contributed by atoms with Crippen molar-refractivity contribution in [1.29, 1.82) is 0 Å². The Morgan fingerprint density at radius 1 is 1.33 bits per heavy atom. The summed E-state index contributed by atoms with van der Waals surface area (Å²) < 4.78 is 6.46. The minimum absolute atomic E-state index is 0.172. The monoisotopic (exact) mass is 306 g/mol. The van der Waals surface area contributed by atoms with Crippen LogP contribution in [0.4, 0.5) is 0 Å². The molecule has 1 N–H and O–H groups in total. The number of benzene rings is 1. The lowest BCUT2D eigenvalue weighted by atomic mass is 10.3. The molecule has 1 saturated carbocycles. The number of aromatic nitrogens is 2. The molecule has 1 fully saturated rings. The van der Waals surface area contributed by atoms with Crippen LogP contribution in [-0.4, -0.2) is 9.97 Å². The number of ether oxygens (including phenoxy) is 1. The average molecular weight is 307 g/mol. The first kappa shape index (κ1) is 11.5. The van der Waals surface area contributed by atoms with E-state index in [-0.39, 0.29) is 5.56 Å². The summed E-state index contributed by atoms with van der Waals surface area (Å²) >= 11 is 3.39. The van der Waals surface area contributed by atoms with E-state index in [1.807, 2.05) is 24.3 Å². The standard InChI is InChI=1S/C13H11BrN2O2/c14-9-3-1-2-4-10(9)18-12-7-11(17)15-13(16-12)8-5-6-8/h1-4,7-8H,5-6H2,(H,15,16,17). The SMILES string of the molecule is O=c1cc(Oc2ccccc2Br)nc(C2CC2)[nH]1. The first-order chi connectivity index (χ1) is 8.72. The molecule has 92 valence electrons. The van der Waals surface area contributed by atoms with Gasteiger partial charge in [0, 0.05) is 5.92 Å². The molecule has 1 heterocycles. The maximum absolute atomic E-state index is 11.5. The zero-order valence-electron chi connectivity index (χ0n) is 9.52. The van der Waals surface area contributed by atoms with E-state index in [9.17, 15) is 4.79 Å². The lowest BCUT2D eigenvalue weighted by Crippen LogP contribution is -2.10. The highest BCUT2D eigenvalue weighted by Gasteiger charge is 2.26. The molecule has 0 atom stereocenters. The molecule has 0 amide bonds. The number of hydrogen-bond donors (Lipinski definition) is 1. The Labute approximate surface area is 112 Å². The van der Waals surface area contributed by atoms with E-state index in [0.29, 0.717) is 17.5 Å². The minimum Gasteiger partial charge on any atom is -0.438 e. The van der Waals surface area contributed by atoms with Gasteiger partial charge in [-0.05, 0) is 40.9 Å². The molecule has 3 rings (SSSR count). The van der Waals surface area contributed by atoms with Gasteiger partial charge in [0.2, 0.25) is 5.88 Å². The number of aromatic amines is 1. The van der Waals surface area contributed by atoms with E-state index in [1.165, 1.54) is 6.07 Å². The fraction of sp³-hybridized carbons (Fsp3) is 0.231. The predicted molar refractivity (Wildman–Crippen MR) is 71.0 cm³/mol. The van der Waals surface area contributed by atoms with Gasteiger partial charge < -0.3 is 9.72 Å². The van der Waals surface area contributed by atoms with Gasteiger partial charge in [0.05, 0.1) is 10.5 Å². The normalized spacial score (nSPS) is 14.5. The third-order valence-corrected chi connectivity index (χ3v) is 3.41. The van der Waals surface area contributed by atoms with Crippen molar-refractivity contribution in [3.8, 4) is 11.6 Å². The summed E-state index contributed by atoms with van der Waals surface area (Å²) in [6, 6.07) is 8.84. The van der Waals surface area contributed by atoms with Crippen LogP contribution in [0.2, 0.25) is 0 Å². The van der Waals surface area contributed by atoms with Crippen LogP contribution in [0.5, 0.6) is 11.6 Å². The first-order valence-corrected chi connectivity index (χ1v) is 6.55. The lowest BCUT2D eigenvalue weighted by molar-refractivity contribution is 0.454. The summed E-state index contributed by atoms with van der Waals surface area (Å²) in [7, 11) is 0. The van der Waals surface area contributed by atoms with Crippen molar-refractivity contribution < 1.29 is 4.74 Å². The summed E-state index contributed by atoms with van der Waals surface area (Å²) in [5, 5.41) is 0. The van der Waals surface area contributed by atoms with Crippen molar-refractivity contribution in [3.05, 3.63) is 51.0 Å². The molecule has 0 saturated heterocycles. The average Bonchev–Trinajstić information content (AvgIpc) is 3.15. The van der Waals surface area contributed by atoms with Crippen LogP contribution in [0.15, 0.2) is 39.6 Å². The number of halogens is 1. The molecule has 0 aliphatic heterocycles. The second-order valence-corrected chi connectivity index (χ2v) is 5.13. The van der Waals surface area contributed by atoms with Gasteiger partial charge in [-0.3, -0.25) is 4.79 Å². The van der Waals surface area contributed by atoms with Crippen LogP contribution in [-0.2, 0) is 0 Å². The number of nitrogens with zero attached hydrogens (tertiary/aromatic N) is 1. The molecule has 1 aromatic carbocycles. The highest BCUT2D eigenvalue weighted by Crippen LogP contribution is 2.38. The highest BCUT2D eigenvalue weighted by atomic mass is 79.9. The highest BCUT2D eigenvalue weighted by molar-refractivity contribution is 9.10.